The van der Waals surface area contributed by atoms with Gasteiger partial charge in [0.05, 0.1) is 14.9 Å². The zero-order chi connectivity index (χ0) is 12.4. The van der Waals surface area contributed by atoms with Crippen LogP contribution in [0.5, 0.6) is 0 Å². The molecule has 0 radical (unpaired) electrons. The zero-order valence-corrected chi connectivity index (χ0v) is 11.8. The van der Waals surface area contributed by atoms with Crippen LogP contribution in [0, 0.1) is 5.82 Å². The SMILES string of the molecule is OC(Cc1ccc(Cl)s1)c1ccc(Br)c(F)c1. The molecule has 0 aliphatic carbocycles. The number of halogens is 3. The highest BCUT2D eigenvalue weighted by Crippen LogP contribution is 2.27. The van der Waals surface area contributed by atoms with E-state index in [4.69, 9.17) is 11.6 Å². The third kappa shape index (κ3) is 3.28. The van der Waals surface area contributed by atoms with Gasteiger partial charge in [0.15, 0.2) is 0 Å². The lowest BCUT2D eigenvalue weighted by molar-refractivity contribution is 0.179. The first kappa shape index (κ1) is 13.0. The molecule has 0 aliphatic rings. The molecule has 0 amide bonds. The van der Waals surface area contributed by atoms with Crippen LogP contribution in [0.25, 0.3) is 0 Å². The van der Waals surface area contributed by atoms with Gasteiger partial charge in [-0.3, -0.25) is 0 Å². The van der Waals surface area contributed by atoms with Crippen LogP contribution in [-0.4, -0.2) is 5.11 Å². The molecule has 0 spiro atoms. The van der Waals surface area contributed by atoms with Crippen LogP contribution in [0.3, 0.4) is 0 Å². The fourth-order valence-electron chi connectivity index (χ4n) is 1.49. The Morgan fingerprint density at radius 1 is 1.35 bits per heavy atom. The van der Waals surface area contributed by atoms with Gasteiger partial charge in [-0.25, -0.2) is 4.39 Å². The average molecular weight is 336 g/mol. The van der Waals surface area contributed by atoms with E-state index in [1.165, 1.54) is 17.4 Å². The molecule has 1 heterocycles. The minimum absolute atomic E-state index is 0.370. The molecule has 1 N–H and O–H groups in total. The average Bonchev–Trinajstić information content (AvgIpc) is 2.68. The third-order valence-electron chi connectivity index (χ3n) is 2.35. The second kappa shape index (κ2) is 5.48. The fourth-order valence-corrected chi connectivity index (χ4v) is 2.86. The zero-order valence-electron chi connectivity index (χ0n) is 8.66. The Labute approximate surface area is 116 Å². The first-order chi connectivity index (χ1) is 8.06. The van der Waals surface area contributed by atoms with Crippen LogP contribution in [-0.2, 0) is 6.42 Å². The van der Waals surface area contributed by atoms with Gasteiger partial charge in [-0.1, -0.05) is 17.7 Å². The predicted octanol–water partition coefficient (Wildman–Crippen LogP) is 4.58. The highest BCUT2D eigenvalue weighted by Gasteiger charge is 2.12. The van der Waals surface area contributed by atoms with E-state index < -0.39 is 6.10 Å². The molecule has 0 bridgehead atoms. The van der Waals surface area contributed by atoms with Crippen LogP contribution in [0.1, 0.15) is 16.5 Å². The van der Waals surface area contributed by atoms with Crippen molar-refractivity contribution in [1.29, 1.82) is 0 Å². The van der Waals surface area contributed by atoms with E-state index in [0.717, 1.165) is 4.88 Å². The molecular formula is C12H9BrClFOS. The summed E-state index contributed by atoms with van der Waals surface area (Å²) in [5, 5.41) is 9.98. The predicted molar refractivity (Wildman–Crippen MR) is 72.1 cm³/mol. The number of aliphatic hydroxyl groups is 1. The van der Waals surface area contributed by atoms with Crippen LogP contribution < -0.4 is 0 Å². The van der Waals surface area contributed by atoms with E-state index >= 15 is 0 Å². The summed E-state index contributed by atoms with van der Waals surface area (Å²) in [5.74, 6) is -0.370. The van der Waals surface area contributed by atoms with Gasteiger partial charge in [-0.2, -0.15) is 0 Å². The lowest BCUT2D eigenvalue weighted by atomic mass is 10.1. The Morgan fingerprint density at radius 2 is 2.12 bits per heavy atom. The van der Waals surface area contributed by atoms with Crippen molar-refractivity contribution in [2.75, 3.05) is 0 Å². The number of thiophene rings is 1. The summed E-state index contributed by atoms with van der Waals surface area (Å²) in [5.41, 5.74) is 0.565. The van der Waals surface area contributed by atoms with Crippen molar-refractivity contribution < 1.29 is 9.50 Å². The minimum atomic E-state index is -0.715. The van der Waals surface area contributed by atoms with Gasteiger partial charge in [0.25, 0.3) is 0 Å². The maximum absolute atomic E-state index is 13.3. The standard InChI is InChI=1S/C12H9BrClFOS/c13-9-3-1-7(5-10(9)15)11(16)6-8-2-4-12(14)17-8/h1-5,11,16H,6H2. The smallest absolute Gasteiger partial charge is 0.137 e. The molecule has 2 rings (SSSR count). The minimum Gasteiger partial charge on any atom is -0.388 e. The highest BCUT2D eigenvalue weighted by atomic mass is 79.9. The van der Waals surface area contributed by atoms with Crippen molar-refractivity contribution in [2.24, 2.45) is 0 Å². The molecule has 0 saturated carbocycles. The van der Waals surface area contributed by atoms with Gasteiger partial charge >= 0.3 is 0 Å². The molecule has 1 aromatic carbocycles. The molecule has 90 valence electrons. The molecule has 0 fully saturated rings. The van der Waals surface area contributed by atoms with E-state index in [1.807, 2.05) is 6.07 Å². The molecule has 1 aromatic heterocycles. The number of benzene rings is 1. The number of hydrogen-bond acceptors (Lipinski definition) is 2. The van der Waals surface area contributed by atoms with Crippen molar-refractivity contribution in [3.8, 4) is 0 Å². The van der Waals surface area contributed by atoms with Crippen LogP contribution in [0.15, 0.2) is 34.8 Å². The molecule has 5 heteroatoms. The van der Waals surface area contributed by atoms with Crippen molar-refractivity contribution in [1.82, 2.24) is 0 Å². The molecule has 1 nitrogen and oxygen atoms in total. The lowest BCUT2D eigenvalue weighted by Gasteiger charge is -2.10. The quantitative estimate of drug-likeness (QED) is 0.870. The summed E-state index contributed by atoms with van der Waals surface area (Å²) in [4.78, 5) is 0.978. The molecule has 0 saturated heterocycles. The van der Waals surface area contributed by atoms with Crippen molar-refractivity contribution in [3.63, 3.8) is 0 Å². The van der Waals surface area contributed by atoms with Gasteiger partial charge in [0.2, 0.25) is 0 Å². The summed E-state index contributed by atoms with van der Waals surface area (Å²) >= 11 is 10.3. The van der Waals surface area contributed by atoms with Crippen molar-refractivity contribution >= 4 is 38.9 Å². The summed E-state index contributed by atoms with van der Waals surface area (Å²) in [6.45, 7) is 0. The number of hydrogen-bond donors (Lipinski definition) is 1. The Morgan fingerprint density at radius 3 is 2.71 bits per heavy atom. The van der Waals surface area contributed by atoms with Gasteiger partial charge in [-0.15, -0.1) is 11.3 Å². The molecular weight excluding hydrogens is 327 g/mol. The second-order valence-corrected chi connectivity index (χ2v) is 6.25. The van der Waals surface area contributed by atoms with Crippen LogP contribution in [0.4, 0.5) is 4.39 Å². The van der Waals surface area contributed by atoms with Crippen molar-refractivity contribution in [2.45, 2.75) is 12.5 Å². The van der Waals surface area contributed by atoms with E-state index in [1.54, 1.807) is 18.2 Å². The Balaban J connectivity index is 2.14. The van der Waals surface area contributed by atoms with E-state index in [0.29, 0.717) is 20.8 Å². The maximum Gasteiger partial charge on any atom is 0.137 e. The Kier molecular flexibility index (Phi) is 4.20. The Hall–Kier alpha value is -0.420. The first-order valence-electron chi connectivity index (χ1n) is 4.93. The molecule has 1 atom stereocenters. The van der Waals surface area contributed by atoms with Gasteiger partial charge in [0.1, 0.15) is 5.82 Å². The summed E-state index contributed by atoms with van der Waals surface area (Å²) < 4.78 is 14.4. The monoisotopic (exact) mass is 334 g/mol. The molecule has 17 heavy (non-hydrogen) atoms. The topological polar surface area (TPSA) is 20.2 Å². The maximum atomic E-state index is 13.3. The van der Waals surface area contributed by atoms with Gasteiger partial charge in [0, 0.05) is 11.3 Å². The summed E-state index contributed by atoms with van der Waals surface area (Å²) in [6.07, 6.45) is -0.273. The number of aliphatic hydroxyl groups excluding tert-OH is 1. The Bertz CT molecular complexity index is 529. The normalized spacial score (nSPS) is 12.7. The molecule has 1 unspecified atom stereocenters. The van der Waals surface area contributed by atoms with E-state index in [9.17, 15) is 9.50 Å². The lowest BCUT2D eigenvalue weighted by Crippen LogP contribution is -2.01. The van der Waals surface area contributed by atoms with Gasteiger partial charge in [-0.05, 0) is 45.8 Å². The molecule has 0 aliphatic heterocycles. The number of rotatable bonds is 3. The largest absolute Gasteiger partial charge is 0.388 e. The van der Waals surface area contributed by atoms with Gasteiger partial charge < -0.3 is 5.11 Å². The van der Waals surface area contributed by atoms with Crippen molar-refractivity contribution in [3.05, 3.63) is 55.4 Å². The second-order valence-electron chi connectivity index (χ2n) is 3.60. The summed E-state index contributed by atoms with van der Waals surface area (Å²) in [6, 6.07) is 8.29. The first-order valence-corrected chi connectivity index (χ1v) is 6.92. The molecule has 2 aromatic rings. The van der Waals surface area contributed by atoms with E-state index in [-0.39, 0.29) is 5.82 Å². The van der Waals surface area contributed by atoms with Crippen LogP contribution in [0.2, 0.25) is 4.34 Å². The highest BCUT2D eigenvalue weighted by molar-refractivity contribution is 9.10. The van der Waals surface area contributed by atoms with E-state index in [2.05, 4.69) is 15.9 Å². The van der Waals surface area contributed by atoms with Crippen LogP contribution >= 0.6 is 38.9 Å². The summed E-state index contributed by atoms with van der Waals surface area (Å²) in [7, 11) is 0. The third-order valence-corrected chi connectivity index (χ3v) is 4.25. The fraction of sp³-hybridized carbons (Fsp3) is 0.167.